The topological polar surface area (TPSA) is 124 Å². The number of rotatable bonds is 11. The molecule has 3 aromatic rings. The molecule has 0 spiro atoms. The number of aromatic nitrogens is 1. The number of ketones is 1. The summed E-state index contributed by atoms with van der Waals surface area (Å²) >= 11 is 0. The third-order valence-electron chi connectivity index (χ3n) is 7.34. The summed E-state index contributed by atoms with van der Waals surface area (Å²) in [5.74, 6) is -0.560. The van der Waals surface area contributed by atoms with Crippen molar-refractivity contribution < 1.29 is 46.8 Å². The fourth-order valence-electron chi connectivity index (χ4n) is 4.92. The van der Waals surface area contributed by atoms with Gasteiger partial charge in [-0.1, -0.05) is 0 Å². The number of hydrogen-bond acceptors (Lipinski definition) is 8. The van der Waals surface area contributed by atoms with Gasteiger partial charge in [-0.15, -0.1) is 0 Å². The molecule has 0 radical (unpaired) electrons. The van der Waals surface area contributed by atoms with Crippen LogP contribution in [-0.4, -0.2) is 54.6 Å². The van der Waals surface area contributed by atoms with Crippen LogP contribution in [0.5, 0.6) is 17.2 Å². The molecule has 2 atom stereocenters. The minimum absolute atomic E-state index is 0.0258. The number of Topliss-reactive ketones (excluding diaryl/α,β-unsaturated/α-hetero) is 1. The van der Waals surface area contributed by atoms with E-state index in [1.165, 1.54) is 38.5 Å². The van der Waals surface area contributed by atoms with Crippen molar-refractivity contribution in [1.29, 1.82) is 0 Å². The van der Waals surface area contributed by atoms with E-state index in [-0.39, 0.29) is 52.8 Å². The smallest absolute Gasteiger partial charge is 0.422 e. The summed E-state index contributed by atoms with van der Waals surface area (Å²) in [5.41, 5.74) is 1.83. The maximum atomic E-state index is 14.6. The lowest BCUT2D eigenvalue weighted by atomic mass is 9.86. The van der Waals surface area contributed by atoms with Crippen LogP contribution >= 0.6 is 0 Å². The molecule has 4 N–H and O–H groups in total. The summed E-state index contributed by atoms with van der Waals surface area (Å²) in [6.07, 6.45) is -6.21. The van der Waals surface area contributed by atoms with E-state index >= 15 is 0 Å². The maximum absolute atomic E-state index is 14.6. The molecule has 4 rings (SSSR count). The van der Waals surface area contributed by atoms with E-state index < -0.39 is 47.5 Å². The van der Waals surface area contributed by atoms with Crippen molar-refractivity contribution in [1.82, 2.24) is 4.98 Å². The zero-order valence-electron chi connectivity index (χ0n) is 23.3. The van der Waals surface area contributed by atoms with Crippen LogP contribution in [-0.2, 0) is 17.6 Å². The number of nitrogens with zero attached hydrogens (tertiary/aromatic N) is 1. The largest absolute Gasteiger partial charge is 0.496 e. The summed E-state index contributed by atoms with van der Waals surface area (Å²) in [6, 6.07) is 8.74. The second kappa shape index (κ2) is 11.9. The molecule has 8 nitrogen and oxygen atoms in total. The fourth-order valence-corrected chi connectivity index (χ4v) is 4.92. The van der Waals surface area contributed by atoms with Gasteiger partial charge in [0.05, 0.1) is 25.5 Å². The summed E-state index contributed by atoms with van der Waals surface area (Å²) < 4.78 is 73.8. The number of alkyl halides is 3. The number of ether oxygens (including phenoxy) is 3. The number of aliphatic hydroxyl groups excluding tert-OH is 1. The number of hydrogen-bond donors (Lipinski definition) is 3. The number of carbonyl (C=O) groups is 1. The molecule has 0 aliphatic carbocycles. The number of halogens is 4. The standard InChI is InChI=1S/C30H32F4N2O6/c1-28(35)16-42-27-21(28)15-25(36-26(27)17-6-8-19(31)9-7-17)29(39,30(32,33)34)11-10-22(38)18-13-23(40-2)20(5-4-12-37)24(14-18)41-3/h6-9,13-15,37,39H,4-5,10-12,16,35H2,1-3H3/t28-,29-/m1/s1. The zero-order valence-corrected chi connectivity index (χ0v) is 23.3. The molecule has 1 aromatic heterocycles. The van der Waals surface area contributed by atoms with Crippen molar-refractivity contribution in [3.05, 3.63) is 70.7 Å². The molecule has 0 fully saturated rings. The van der Waals surface area contributed by atoms with E-state index in [1.54, 1.807) is 6.92 Å². The van der Waals surface area contributed by atoms with Crippen LogP contribution in [0.3, 0.4) is 0 Å². The Kier molecular flexibility index (Phi) is 8.81. The number of methoxy groups -OCH3 is 2. The molecular formula is C30H32F4N2O6. The van der Waals surface area contributed by atoms with Crippen molar-refractivity contribution >= 4 is 5.78 Å². The number of fused-ring (bicyclic) bond motifs is 1. The van der Waals surface area contributed by atoms with Crippen LogP contribution in [0, 0.1) is 5.82 Å². The molecule has 12 heteroatoms. The van der Waals surface area contributed by atoms with Gasteiger partial charge in [-0.05, 0) is 68.7 Å². The van der Waals surface area contributed by atoms with Gasteiger partial charge in [0.25, 0.3) is 0 Å². The summed E-state index contributed by atoms with van der Waals surface area (Å²) in [7, 11) is 2.75. The summed E-state index contributed by atoms with van der Waals surface area (Å²) in [5, 5.41) is 20.4. The molecule has 0 saturated carbocycles. The SMILES string of the molecule is COc1cc(C(=O)CC[C@@](O)(c2cc3c(c(-c4ccc(F)cc4)n2)OC[C@@]3(C)N)C(F)(F)F)cc(OC)c1CCCO. The first-order valence-corrected chi connectivity index (χ1v) is 13.2. The van der Waals surface area contributed by atoms with E-state index in [4.69, 9.17) is 19.9 Å². The van der Waals surface area contributed by atoms with Crippen molar-refractivity contribution in [2.45, 2.75) is 49.9 Å². The third kappa shape index (κ3) is 5.92. The molecule has 2 heterocycles. The summed E-state index contributed by atoms with van der Waals surface area (Å²) in [4.78, 5) is 17.3. The molecule has 0 bridgehead atoms. The molecule has 226 valence electrons. The Bertz CT molecular complexity index is 1430. The number of carbonyl (C=O) groups excluding carboxylic acids is 1. The summed E-state index contributed by atoms with van der Waals surface area (Å²) in [6.45, 7) is 1.43. The van der Waals surface area contributed by atoms with Gasteiger partial charge in [0.15, 0.2) is 11.5 Å². The molecular weight excluding hydrogens is 560 g/mol. The van der Waals surface area contributed by atoms with E-state index in [2.05, 4.69) is 4.98 Å². The number of nitrogens with two attached hydrogens (primary N) is 1. The van der Waals surface area contributed by atoms with Crippen molar-refractivity contribution in [3.63, 3.8) is 0 Å². The van der Waals surface area contributed by atoms with Gasteiger partial charge < -0.3 is 30.2 Å². The van der Waals surface area contributed by atoms with Gasteiger partial charge in [-0.3, -0.25) is 4.79 Å². The van der Waals surface area contributed by atoms with Crippen LogP contribution in [0.25, 0.3) is 11.3 Å². The minimum atomic E-state index is -5.23. The number of pyridine rings is 1. The van der Waals surface area contributed by atoms with Crippen LogP contribution in [0.1, 0.15) is 53.4 Å². The zero-order chi connectivity index (χ0) is 30.9. The lowest BCUT2D eigenvalue weighted by Gasteiger charge is -2.31. The monoisotopic (exact) mass is 592 g/mol. The average molecular weight is 593 g/mol. The molecule has 0 amide bonds. The second-order valence-electron chi connectivity index (χ2n) is 10.4. The van der Waals surface area contributed by atoms with E-state index in [0.717, 1.165) is 18.2 Å². The van der Waals surface area contributed by atoms with E-state index in [9.17, 15) is 32.6 Å². The Morgan fingerprint density at radius 2 is 1.74 bits per heavy atom. The predicted molar refractivity (Wildman–Crippen MR) is 145 cm³/mol. The predicted octanol–water partition coefficient (Wildman–Crippen LogP) is 4.81. The lowest BCUT2D eigenvalue weighted by Crippen LogP contribution is -2.44. The molecule has 1 aliphatic rings. The third-order valence-corrected chi connectivity index (χ3v) is 7.34. The van der Waals surface area contributed by atoms with Gasteiger partial charge >= 0.3 is 6.18 Å². The Morgan fingerprint density at radius 3 is 2.29 bits per heavy atom. The highest BCUT2D eigenvalue weighted by Gasteiger charge is 2.56. The molecule has 0 unspecified atom stereocenters. The van der Waals surface area contributed by atoms with Gasteiger partial charge in [0.2, 0.25) is 5.60 Å². The first kappa shape index (κ1) is 31.2. The van der Waals surface area contributed by atoms with Crippen molar-refractivity contribution in [2.24, 2.45) is 5.73 Å². The van der Waals surface area contributed by atoms with Gasteiger partial charge in [-0.25, -0.2) is 9.37 Å². The molecule has 42 heavy (non-hydrogen) atoms. The highest BCUT2D eigenvalue weighted by atomic mass is 19.4. The Morgan fingerprint density at radius 1 is 1.12 bits per heavy atom. The molecule has 0 saturated heterocycles. The Balaban J connectivity index is 1.74. The van der Waals surface area contributed by atoms with E-state index in [0.29, 0.717) is 18.4 Å². The first-order valence-electron chi connectivity index (χ1n) is 13.2. The first-order chi connectivity index (χ1) is 19.8. The van der Waals surface area contributed by atoms with Crippen molar-refractivity contribution in [2.75, 3.05) is 27.4 Å². The Labute approximate surface area is 240 Å². The average Bonchev–Trinajstić information content (AvgIpc) is 3.27. The minimum Gasteiger partial charge on any atom is -0.496 e. The fraction of sp³-hybridized carbons (Fsp3) is 0.400. The number of benzene rings is 2. The van der Waals surface area contributed by atoms with Crippen LogP contribution in [0.2, 0.25) is 0 Å². The van der Waals surface area contributed by atoms with Gasteiger partial charge in [-0.2, -0.15) is 13.2 Å². The van der Waals surface area contributed by atoms with Crippen molar-refractivity contribution in [3.8, 4) is 28.5 Å². The highest BCUT2D eigenvalue weighted by Crippen LogP contribution is 2.48. The van der Waals surface area contributed by atoms with Crippen LogP contribution < -0.4 is 19.9 Å². The van der Waals surface area contributed by atoms with Gasteiger partial charge in [0, 0.05) is 35.3 Å². The highest BCUT2D eigenvalue weighted by molar-refractivity contribution is 5.97. The second-order valence-corrected chi connectivity index (χ2v) is 10.4. The lowest BCUT2D eigenvalue weighted by molar-refractivity contribution is -0.270. The van der Waals surface area contributed by atoms with Crippen LogP contribution in [0.15, 0.2) is 42.5 Å². The quantitative estimate of drug-likeness (QED) is 0.214. The van der Waals surface area contributed by atoms with Gasteiger partial charge in [0.1, 0.15) is 29.6 Å². The number of aliphatic hydroxyl groups is 2. The normalized spacial score (nSPS) is 17.8. The van der Waals surface area contributed by atoms with E-state index in [1.807, 2.05) is 0 Å². The molecule has 2 aromatic carbocycles. The maximum Gasteiger partial charge on any atom is 0.422 e. The van der Waals surface area contributed by atoms with Crippen LogP contribution in [0.4, 0.5) is 17.6 Å². The Hall–Kier alpha value is -3.74. The molecule has 1 aliphatic heterocycles.